The molecule has 0 saturated carbocycles. The predicted molar refractivity (Wildman–Crippen MR) is 75.9 cm³/mol. The van der Waals surface area contributed by atoms with Gasteiger partial charge in [-0.3, -0.25) is 0 Å². The molecule has 0 fully saturated rings. The fourth-order valence-electron chi connectivity index (χ4n) is 3.00. The second-order valence-corrected chi connectivity index (χ2v) is 5.28. The average Bonchev–Trinajstić information content (AvgIpc) is 2.61. The van der Waals surface area contributed by atoms with E-state index in [0.717, 1.165) is 19.5 Å². The van der Waals surface area contributed by atoms with E-state index in [4.69, 9.17) is 0 Å². The third-order valence-electron chi connectivity index (χ3n) is 4.07. The predicted octanol–water partition coefficient (Wildman–Crippen LogP) is 3.14. The number of nitrogens with one attached hydrogen (secondary N) is 1. The van der Waals surface area contributed by atoms with Gasteiger partial charge in [-0.05, 0) is 29.7 Å². The zero-order valence-electron chi connectivity index (χ0n) is 10.8. The molecule has 0 aliphatic carbocycles. The highest BCUT2D eigenvalue weighted by atomic mass is 14.9. The van der Waals surface area contributed by atoms with E-state index in [0.29, 0.717) is 0 Å². The van der Waals surface area contributed by atoms with Crippen LogP contribution in [-0.2, 0) is 11.8 Å². The topological polar surface area (TPSA) is 12.0 Å². The lowest BCUT2D eigenvalue weighted by molar-refractivity contribution is 0.523. The number of benzene rings is 2. The van der Waals surface area contributed by atoms with Crippen LogP contribution in [0.3, 0.4) is 0 Å². The van der Waals surface area contributed by atoms with Crippen molar-refractivity contribution in [3.8, 4) is 0 Å². The van der Waals surface area contributed by atoms with E-state index >= 15 is 0 Å². The molecule has 1 aliphatic heterocycles. The summed E-state index contributed by atoms with van der Waals surface area (Å²) in [6.45, 7) is 4.42. The van der Waals surface area contributed by atoms with Crippen LogP contribution in [0.2, 0.25) is 0 Å². The molecule has 0 aromatic heterocycles. The van der Waals surface area contributed by atoms with Crippen molar-refractivity contribution in [2.75, 3.05) is 13.1 Å². The molecule has 1 aliphatic rings. The molecule has 3 rings (SSSR count). The molecule has 18 heavy (non-hydrogen) atoms. The van der Waals surface area contributed by atoms with Crippen molar-refractivity contribution < 1.29 is 0 Å². The highest BCUT2D eigenvalue weighted by Crippen LogP contribution is 2.34. The summed E-state index contributed by atoms with van der Waals surface area (Å²) in [5, 5.41) is 3.58. The second-order valence-electron chi connectivity index (χ2n) is 5.28. The number of fused-ring (bicyclic) bond motifs is 1. The van der Waals surface area contributed by atoms with Gasteiger partial charge in [0.25, 0.3) is 0 Å². The molecule has 0 radical (unpaired) electrons. The Morgan fingerprint density at radius 1 is 0.944 bits per heavy atom. The van der Waals surface area contributed by atoms with Gasteiger partial charge in [0.2, 0.25) is 0 Å². The summed E-state index contributed by atoms with van der Waals surface area (Å²) in [4.78, 5) is 0. The molecule has 1 N–H and O–H groups in total. The summed E-state index contributed by atoms with van der Waals surface area (Å²) in [5.74, 6) is 0. The smallest absolute Gasteiger partial charge is 0.0301 e. The first-order valence-corrected chi connectivity index (χ1v) is 6.65. The first-order chi connectivity index (χ1) is 8.81. The Hall–Kier alpha value is -1.60. The van der Waals surface area contributed by atoms with Gasteiger partial charge in [-0.25, -0.2) is 0 Å². The standard InChI is InChI=1S/C17H19N/c1-17(15-8-3-2-4-9-15)13-18-12-11-14-7-5-6-10-16(14)17/h2-10,18H,11-13H2,1H3. The van der Waals surface area contributed by atoms with E-state index in [-0.39, 0.29) is 5.41 Å². The Labute approximate surface area is 109 Å². The number of hydrogen-bond donors (Lipinski definition) is 1. The van der Waals surface area contributed by atoms with E-state index in [2.05, 4.69) is 66.8 Å². The van der Waals surface area contributed by atoms with Gasteiger partial charge in [0.05, 0.1) is 0 Å². The molecule has 0 bridgehead atoms. The first-order valence-electron chi connectivity index (χ1n) is 6.65. The molecule has 1 unspecified atom stereocenters. The fraction of sp³-hybridized carbons (Fsp3) is 0.294. The van der Waals surface area contributed by atoms with Crippen molar-refractivity contribution in [3.05, 3.63) is 71.3 Å². The zero-order valence-corrected chi connectivity index (χ0v) is 10.8. The normalized spacial score (nSPS) is 23.2. The van der Waals surface area contributed by atoms with Gasteiger partial charge in [0.15, 0.2) is 0 Å². The van der Waals surface area contributed by atoms with Crippen LogP contribution >= 0.6 is 0 Å². The third kappa shape index (κ3) is 1.85. The van der Waals surface area contributed by atoms with Crippen molar-refractivity contribution in [3.63, 3.8) is 0 Å². The maximum absolute atomic E-state index is 3.58. The van der Waals surface area contributed by atoms with Crippen LogP contribution in [0.15, 0.2) is 54.6 Å². The molecular weight excluding hydrogens is 218 g/mol. The quantitative estimate of drug-likeness (QED) is 0.803. The van der Waals surface area contributed by atoms with Crippen LogP contribution in [-0.4, -0.2) is 13.1 Å². The number of rotatable bonds is 1. The Kier molecular flexibility index (Phi) is 2.92. The highest BCUT2D eigenvalue weighted by molar-refractivity contribution is 5.44. The maximum atomic E-state index is 3.58. The van der Waals surface area contributed by atoms with Crippen molar-refractivity contribution in [2.45, 2.75) is 18.8 Å². The molecule has 92 valence electrons. The maximum Gasteiger partial charge on any atom is 0.0301 e. The van der Waals surface area contributed by atoms with Gasteiger partial charge in [-0.1, -0.05) is 61.5 Å². The Balaban J connectivity index is 2.16. The van der Waals surface area contributed by atoms with Crippen LogP contribution in [0.5, 0.6) is 0 Å². The molecule has 2 aromatic rings. The molecular formula is C17H19N. The van der Waals surface area contributed by atoms with Crippen molar-refractivity contribution in [2.24, 2.45) is 0 Å². The minimum Gasteiger partial charge on any atom is -0.315 e. The Morgan fingerprint density at radius 3 is 2.50 bits per heavy atom. The summed E-state index contributed by atoms with van der Waals surface area (Å²) in [5.41, 5.74) is 4.43. The Morgan fingerprint density at radius 2 is 1.67 bits per heavy atom. The van der Waals surface area contributed by atoms with Gasteiger partial charge in [-0.15, -0.1) is 0 Å². The average molecular weight is 237 g/mol. The molecule has 1 atom stereocenters. The van der Waals surface area contributed by atoms with Gasteiger partial charge < -0.3 is 5.32 Å². The second kappa shape index (κ2) is 4.58. The lowest BCUT2D eigenvalue weighted by Crippen LogP contribution is -2.35. The van der Waals surface area contributed by atoms with Crippen molar-refractivity contribution in [1.29, 1.82) is 0 Å². The van der Waals surface area contributed by atoms with Crippen molar-refractivity contribution in [1.82, 2.24) is 5.32 Å². The summed E-state index contributed by atoms with van der Waals surface area (Å²) in [6, 6.07) is 19.7. The van der Waals surface area contributed by atoms with Gasteiger partial charge in [0.1, 0.15) is 0 Å². The summed E-state index contributed by atoms with van der Waals surface area (Å²) < 4.78 is 0. The fourth-order valence-corrected chi connectivity index (χ4v) is 3.00. The monoisotopic (exact) mass is 237 g/mol. The molecule has 1 heteroatoms. The molecule has 2 aromatic carbocycles. The van der Waals surface area contributed by atoms with Crippen LogP contribution in [0.25, 0.3) is 0 Å². The van der Waals surface area contributed by atoms with E-state index in [1.165, 1.54) is 16.7 Å². The molecule has 0 spiro atoms. The molecule has 1 heterocycles. The highest BCUT2D eigenvalue weighted by Gasteiger charge is 2.31. The van der Waals surface area contributed by atoms with Gasteiger partial charge >= 0.3 is 0 Å². The molecule has 1 nitrogen and oxygen atoms in total. The van der Waals surface area contributed by atoms with E-state index in [9.17, 15) is 0 Å². The van der Waals surface area contributed by atoms with Crippen LogP contribution in [0.1, 0.15) is 23.6 Å². The largest absolute Gasteiger partial charge is 0.315 e. The minimum atomic E-state index is 0.0777. The van der Waals surface area contributed by atoms with Gasteiger partial charge in [0, 0.05) is 12.0 Å². The molecule has 0 amide bonds. The lowest BCUT2D eigenvalue weighted by atomic mass is 9.74. The minimum absolute atomic E-state index is 0.0777. The zero-order chi connectivity index (χ0) is 12.4. The third-order valence-corrected chi connectivity index (χ3v) is 4.07. The Bertz CT molecular complexity index is 532. The van der Waals surface area contributed by atoms with Crippen LogP contribution in [0, 0.1) is 0 Å². The van der Waals surface area contributed by atoms with Crippen LogP contribution < -0.4 is 5.32 Å². The first kappa shape index (κ1) is 11.5. The van der Waals surface area contributed by atoms with E-state index in [1.807, 2.05) is 0 Å². The summed E-state index contributed by atoms with van der Waals surface area (Å²) in [7, 11) is 0. The van der Waals surface area contributed by atoms with E-state index in [1.54, 1.807) is 0 Å². The van der Waals surface area contributed by atoms with Gasteiger partial charge in [-0.2, -0.15) is 0 Å². The van der Waals surface area contributed by atoms with Crippen LogP contribution in [0.4, 0.5) is 0 Å². The number of hydrogen-bond acceptors (Lipinski definition) is 1. The SMILES string of the molecule is CC1(c2ccccc2)CNCCc2ccccc21. The van der Waals surface area contributed by atoms with E-state index < -0.39 is 0 Å². The lowest BCUT2D eigenvalue weighted by Gasteiger charge is -2.31. The summed E-state index contributed by atoms with van der Waals surface area (Å²) >= 11 is 0. The molecule has 0 saturated heterocycles. The summed E-state index contributed by atoms with van der Waals surface area (Å²) in [6.07, 6.45) is 1.12. The van der Waals surface area contributed by atoms with Crippen molar-refractivity contribution >= 4 is 0 Å².